The van der Waals surface area contributed by atoms with Crippen LogP contribution in [0.25, 0.3) is 0 Å². The Morgan fingerprint density at radius 1 is 1.27 bits per heavy atom. The molecule has 9 heteroatoms. The summed E-state index contributed by atoms with van der Waals surface area (Å²) in [4.78, 5) is 18.3. The lowest BCUT2D eigenvalue weighted by Crippen LogP contribution is -2.44. The Bertz CT molecular complexity index is 710. The zero-order chi connectivity index (χ0) is 18.3. The summed E-state index contributed by atoms with van der Waals surface area (Å²) < 4.78 is 23.1. The predicted molar refractivity (Wildman–Crippen MR) is 116 cm³/mol. The SMILES string of the molecule is CCNC(=NCCS(=O)(=O)CC)NC1CC(=O)N(c2ccccc2)C1.I. The van der Waals surface area contributed by atoms with Crippen LogP contribution in [0.5, 0.6) is 0 Å². The molecule has 1 saturated heterocycles. The van der Waals surface area contributed by atoms with E-state index in [2.05, 4.69) is 15.6 Å². The molecule has 1 aromatic rings. The highest BCUT2D eigenvalue weighted by Gasteiger charge is 2.31. The van der Waals surface area contributed by atoms with Crippen LogP contribution in [0.1, 0.15) is 20.3 Å². The molecular weight excluding hydrogens is 467 g/mol. The topological polar surface area (TPSA) is 90.9 Å². The highest BCUT2D eigenvalue weighted by molar-refractivity contribution is 14.0. The van der Waals surface area contributed by atoms with Crippen molar-refractivity contribution in [2.75, 3.05) is 36.0 Å². The normalized spacial score (nSPS) is 17.8. The number of rotatable bonds is 7. The summed E-state index contributed by atoms with van der Waals surface area (Å²) in [6, 6.07) is 9.49. The highest BCUT2D eigenvalue weighted by Crippen LogP contribution is 2.20. The molecule has 0 saturated carbocycles. The number of amides is 1. The van der Waals surface area contributed by atoms with E-state index in [1.807, 2.05) is 37.3 Å². The van der Waals surface area contributed by atoms with Gasteiger partial charge in [0, 0.05) is 31.0 Å². The van der Waals surface area contributed by atoms with Crippen LogP contribution in [-0.2, 0) is 14.6 Å². The van der Waals surface area contributed by atoms with Gasteiger partial charge in [0.25, 0.3) is 0 Å². The van der Waals surface area contributed by atoms with Crippen LogP contribution in [0.2, 0.25) is 0 Å². The molecule has 26 heavy (non-hydrogen) atoms. The van der Waals surface area contributed by atoms with E-state index in [-0.39, 0.29) is 54.0 Å². The van der Waals surface area contributed by atoms with Crippen molar-refractivity contribution in [3.05, 3.63) is 30.3 Å². The van der Waals surface area contributed by atoms with Crippen LogP contribution < -0.4 is 15.5 Å². The monoisotopic (exact) mass is 494 g/mol. The molecule has 1 aromatic carbocycles. The van der Waals surface area contributed by atoms with Crippen molar-refractivity contribution in [1.82, 2.24) is 10.6 Å². The zero-order valence-electron chi connectivity index (χ0n) is 15.1. The van der Waals surface area contributed by atoms with E-state index in [0.29, 0.717) is 25.5 Å². The summed E-state index contributed by atoms with van der Waals surface area (Å²) in [7, 11) is -3.04. The van der Waals surface area contributed by atoms with Crippen molar-refractivity contribution in [2.24, 2.45) is 4.99 Å². The Kier molecular flexibility index (Phi) is 9.34. The molecule has 0 spiro atoms. The summed E-state index contributed by atoms with van der Waals surface area (Å²) in [5.41, 5.74) is 0.882. The van der Waals surface area contributed by atoms with E-state index in [1.165, 1.54) is 0 Å². The van der Waals surface area contributed by atoms with E-state index in [1.54, 1.807) is 11.8 Å². The fourth-order valence-corrected chi connectivity index (χ4v) is 3.27. The summed E-state index contributed by atoms with van der Waals surface area (Å²) in [5.74, 6) is 0.754. The highest BCUT2D eigenvalue weighted by atomic mass is 127. The molecule has 0 aromatic heterocycles. The number of halogens is 1. The van der Waals surface area contributed by atoms with E-state index < -0.39 is 9.84 Å². The van der Waals surface area contributed by atoms with Crippen molar-refractivity contribution in [3.63, 3.8) is 0 Å². The molecule has 1 fully saturated rings. The number of nitrogens with one attached hydrogen (secondary N) is 2. The van der Waals surface area contributed by atoms with Gasteiger partial charge < -0.3 is 15.5 Å². The molecule has 1 aliphatic rings. The molecular formula is C17H27IN4O3S. The Morgan fingerprint density at radius 2 is 1.96 bits per heavy atom. The third kappa shape index (κ3) is 6.75. The van der Waals surface area contributed by atoms with Crippen molar-refractivity contribution in [2.45, 2.75) is 26.3 Å². The summed E-state index contributed by atoms with van der Waals surface area (Å²) in [6.45, 7) is 4.99. The minimum absolute atomic E-state index is 0. The molecule has 1 unspecified atom stereocenters. The fraction of sp³-hybridized carbons (Fsp3) is 0.529. The van der Waals surface area contributed by atoms with Crippen LogP contribution in [0.4, 0.5) is 5.69 Å². The zero-order valence-corrected chi connectivity index (χ0v) is 18.3. The first-order chi connectivity index (χ1) is 11.9. The lowest BCUT2D eigenvalue weighted by atomic mass is 10.2. The van der Waals surface area contributed by atoms with Crippen LogP contribution in [-0.4, -0.2) is 57.5 Å². The number of guanidine groups is 1. The van der Waals surface area contributed by atoms with Gasteiger partial charge in [-0.1, -0.05) is 25.1 Å². The molecule has 2 rings (SSSR count). The first kappa shape index (κ1) is 22.7. The second kappa shape index (κ2) is 10.7. The van der Waals surface area contributed by atoms with E-state index in [0.717, 1.165) is 5.69 Å². The van der Waals surface area contributed by atoms with Crippen molar-refractivity contribution >= 4 is 51.4 Å². The first-order valence-corrected chi connectivity index (χ1v) is 10.4. The Balaban J connectivity index is 0.00000338. The Labute approximate surface area is 172 Å². The van der Waals surface area contributed by atoms with Crippen molar-refractivity contribution in [3.8, 4) is 0 Å². The average Bonchev–Trinajstić information content (AvgIpc) is 2.96. The van der Waals surface area contributed by atoms with Gasteiger partial charge in [0.1, 0.15) is 0 Å². The molecule has 2 N–H and O–H groups in total. The number of hydrogen-bond acceptors (Lipinski definition) is 4. The number of hydrogen-bond donors (Lipinski definition) is 2. The maximum absolute atomic E-state index is 12.3. The lowest BCUT2D eigenvalue weighted by Gasteiger charge is -2.19. The van der Waals surface area contributed by atoms with Gasteiger partial charge in [-0.2, -0.15) is 0 Å². The number of aliphatic imine (C=N–C) groups is 1. The second-order valence-corrected chi connectivity index (χ2v) is 8.36. The van der Waals surface area contributed by atoms with Gasteiger partial charge in [0.15, 0.2) is 15.8 Å². The van der Waals surface area contributed by atoms with E-state index in [4.69, 9.17) is 0 Å². The molecule has 7 nitrogen and oxygen atoms in total. The van der Waals surface area contributed by atoms with Crippen LogP contribution in [0, 0.1) is 0 Å². The summed E-state index contributed by atoms with van der Waals surface area (Å²) in [5, 5.41) is 6.33. The number of benzene rings is 1. The third-order valence-corrected chi connectivity index (χ3v) is 5.67. The fourth-order valence-electron chi connectivity index (χ4n) is 2.62. The van der Waals surface area contributed by atoms with Gasteiger partial charge in [0.2, 0.25) is 5.91 Å². The minimum atomic E-state index is -3.04. The van der Waals surface area contributed by atoms with Crippen molar-refractivity contribution in [1.29, 1.82) is 0 Å². The van der Waals surface area contributed by atoms with Gasteiger partial charge in [-0.3, -0.25) is 9.79 Å². The number of carbonyl (C=O) groups is 1. The maximum Gasteiger partial charge on any atom is 0.229 e. The Morgan fingerprint density at radius 3 is 2.58 bits per heavy atom. The smallest absolute Gasteiger partial charge is 0.229 e. The van der Waals surface area contributed by atoms with Crippen LogP contribution in [0.3, 0.4) is 0 Å². The second-order valence-electron chi connectivity index (χ2n) is 5.88. The summed E-state index contributed by atoms with van der Waals surface area (Å²) >= 11 is 0. The average molecular weight is 494 g/mol. The number of anilines is 1. The molecule has 0 bridgehead atoms. The van der Waals surface area contributed by atoms with Crippen LogP contribution >= 0.6 is 24.0 Å². The van der Waals surface area contributed by atoms with Gasteiger partial charge in [-0.25, -0.2) is 8.42 Å². The van der Waals surface area contributed by atoms with Gasteiger partial charge in [-0.05, 0) is 19.1 Å². The standard InChI is InChI=1S/C17H26N4O3S.HI/c1-3-18-17(19-10-11-25(23,24)4-2)20-14-12-16(22)21(13-14)15-8-6-5-7-9-15;/h5-9,14H,3-4,10-13H2,1-2H3,(H2,18,19,20);1H. The molecule has 1 amide bonds. The third-order valence-electron chi connectivity index (χ3n) is 3.99. The first-order valence-electron chi connectivity index (χ1n) is 8.56. The van der Waals surface area contributed by atoms with Gasteiger partial charge in [-0.15, -0.1) is 24.0 Å². The number of sulfone groups is 1. The number of nitrogens with zero attached hydrogens (tertiary/aromatic N) is 2. The molecule has 1 heterocycles. The molecule has 0 aliphatic carbocycles. The minimum Gasteiger partial charge on any atom is -0.357 e. The van der Waals surface area contributed by atoms with Crippen LogP contribution in [0.15, 0.2) is 35.3 Å². The number of carbonyl (C=O) groups excluding carboxylic acids is 1. The molecule has 0 radical (unpaired) electrons. The predicted octanol–water partition coefficient (Wildman–Crippen LogP) is 1.40. The lowest BCUT2D eigenvalue weighted by molar-refractivity contribution is -0.117. The quantitative estimate of drug-likeness (QED) is 0.340. The maximum atomic E-state index is 12.3. The summed E-state index contributed by atoms with van der Waals surface area (Å²) in [6.07, 6.45) is 0.382. The molecule has 1 aliphatic heterocycles. The molecule has 146 valence electrons. The number of para-hydroxylation sites is 1. The van der Waals surface area contributed by atoms with Gasteiger partial charge in [0.05, 0.1) is 18.3 Å². The Hall–Kier alpha value is -1.36. The molecule has 1 atom stereocenters. The van der Waals surface area contributed by atoms with Gasteiger partial charge >= 0.3 is 0 Å². The van der Waals surface area contributed by atoms with E-state index in [9.17, 15) is 13.2 Å². The van der Waals surface area contributed by atoms with Crippen molar-refractivity contribution < 1.29 is 13.2 Å². The largest absolute Gasteiger partial charge is 0.357 e. The van der Waals surface area contributed by atoms with E-state index >= 15 is 0 Å².